The lowest BCUT2D eigenvalue weighted by Gasteiger charge is -2.41. The zero-order valence-corrected chi connectivity index (χ0v) is 26.2. The van der Waals surface area contributed by atoms with Crippen LogP contribution in [0.4, 0.5) is 9.18 Å². The van der Waals surface area contributed by atoms with Gasteiger partial charge in [0.2, 0.25) is 5.60 Å². The molecule has 3 aliphatic rings. The number of ether oxygens (including phenoxy) is 3. The van der Waals surface area contributed by atoms with E-state index in [1.54, 1.807) is 11.0 Å². The molecular formula is C37H37FN2O6. The maximum atomic E-state index is 14.7. The average Bonchev–Trinajstić information content (AvgIpc) is 3.58. The van der Waals surface area contributed by atoms with Crippen molar-refractivity contribution in [3.63, 3.8) is 0 Å². The standard InChI is InChI=1S/C37H37FN2O6/c1-35(2)36(3)17-18-37(35,46-32(36)41)33(42)45-29-21-40(34(43)44-22-23-10-6-4-7-11-23)19-16-26(29)30-27-20-25(38)14-15-28(27)39-31(30)24-12-8-5-9-13-24/h4-15,20,26,29,39H,16-19,21-22H2,1-3H3/t26-,29-,36+,37-/m0/s1. The number of esters is 2. The molecule has 1 N–H and O–H groups in total. The minimum Gasteiger partial charge on any atom is -0.457 e. The minimum absolute atomic E-state index is 0.0575. The van der Waals surface area contributed by atoms with Crippen LogP contribution in [0.5, 0.6) is 0 Å². The molecule has 9 heteroatoms. The molecule has 1 saturated carbocycles. The van der Waals surface area contributed by atoms with E-state index in [-0.39, 0.29) is 19.0 Å². The second kappa shape index (κ2) is 11.0. The molecule has 4 aromatic rings. The third kappa shape index (κ3) is 4.58. The number of carbonyl (C=O) groups excluding carboxylic acids is 3. The number of aromatic amines is 1. The van der Waals surface area contributed by atoms with Gasteiger partial charge in [0.25, 0.3) is 0 Å². The maximum absolute atomic E-state index is 14.7. The summed E-state index contributed by atoms with van der Waals surface area (Å²) in [6.07, 6.45) is -0.0491. The van der Waals surface area contributed by atoms with Crippen molar-refractivity contribution in [3.8, 4) is 11.3 Å². The van der Waals surface area contributed by atoms with E-state index in [1.807, 2.05) is 81.4 Å². The van der Waals surface area contributed by atoms with E-state index >= 15 is 0 Å². The van der Waals surface area contributed by atoms with Gasteiger partial charge in [-0.15, -0.1) is 0 Å². The van der Waals surface area contributed by atoms with Gasteiger partial charge in [-0.3, -0.25) is 4.79 Å². The molecule has 4 atom stereocenters. The van der Waals surface area contributed by atoms with Crippen molar-refractivity contribution >= 4 is 28.9 Å². The van der Waals surface area contributed by atoms with Crippen molar-refractivity contribution in [1.82, 2.24) is 9.88 Å². The molecular weight excluding hydrogens is 587 g/mol. The summed E-state index contributed by atoms with van der Waals surface area (Å²) in [5.74, 6) is -1.80. The fraction of sp³-hybridized carbons (Fsp3) is 0.378. The van der Waals surface area contributed by atoms with E-state index in [0.717, 1.165) is 27.9 Å². The van der Waals surface area contributed by atoms with Gasteiger partial charge in [0.15, 0.2) is 0 Å². The number of fused-ring (bicyclic) bond motifs is 3. The number of rotatable bonds is 6. The highest BCUT2D eigenvalue weighted by atomic mass is 19.1. The number of H-pyrrole nitrogens is 1. The van der Waals surface area contributed by atoms with Gasteiger partial charge in [-0.25, -0.2) is 14.0 Å². The van der Waals surface area contributed by atoms with Gasteiger partial charge in [0.05, 0.1) is 17.7 Å². The molecule has 3 heterocycles. The predicted octanol–water partition coefficient (Wildman–Crippen LogP) is 7.13. The zero-order valence-electron chi connectivity index (χ0n) is 26.2. The molecule has 0 spiro atoms. The van der Waals surface area contributed by atoms with Crippen LogP contribution in [0.15, 0.2) is 78.9 Å². The number of halogens is 1. The number of aromatic nitrogens is 1. The number of amides is 1. The molecule has 238 valence electrons. The fourth-order valence-corrected chi connectivity index (χ4v) is 7.68. The van der Waals surface area contributed by atoms with E-state index in [0.29, 0.717) is 31.2 Å². The van der Waals surface area contributed by atoms with E-state index < -0.39 is 46.5 Å². The summed E-state index contributed by atoms with van der Waals surface area (Å²) in [5.41, 5.74) is 1.08. The second-order valence-corrected chi connectivity index (χ2v) is 13.5. The summed E-state index contributed by atoms with van der Waals surface area (Å²) in [5, 5.41) is 0.684. The number of nitrogens with one attached hydrogen (secondary N) is 1. The predicted molar refractivity (Wildman–Crippen MR) is 169 cm³/mol. The van der Waals surface area contributed by atoms with Gasteiger partial charge in [0.1, 0.15) is 18.5 Å². The number of hydrogen-bond acceptors (Lipinski definition) is 6. The molecule has 1 aromatic heterocycles. The lowest BCUT2D eigenvalue weighted by molar-refractivity contribution is -0.189. The van der Waals surface area contributed by atoms with Crippen LogP contribution in [0.2, 0.25) is 0 Å². The van der Waals surface area contributed by atoms with Crippen molar-refractivity contribution in [2.45, 2.75) is 64.3 Å². The number of nitrogens with zero attached hydrogens (tertiary/aromatic N) is 1. The SMILES string of the molecule is CC1(C)[C@@]2(C(=O)O[C@H]3CN(C(=O)OCc4ccccc4)CC[C@@H]3c3c(-c4ccccc4)[nH]c4ccc(F)cc34)CC[C@]1(C)C(=O)O2. The summed E-state index contributed by atoms with van der Waals surface area (Å²) in [6.45, 7) is 6.11. The Bertz CT molecular complexity index is 1820. The van der Waals surface area contributed by atoms with Gasteiger partial charge in [0, 0.05) is 28.8 Å². The highest BCUT2D eigenvalue weighted by Gasteiger charge is 2.76. The molecule has 3 fully saturated rings. The topological polar surface area (TPSA) is 97.9 Å². The Labute approximate surface area is 266 Å². The highest BCUT2D eigenvalue weighted by molar-refractivity contribution is 5.94. The van der Waals surface area contributed by atoms with Crippen LogP contribution >= 0.6 is 0 Å². The molecule has 8 nitrogen and oxygen atoms in total. The Kier molecular flexibility index (Phi) is 7.18. The molecule has 2 saturated heterocycles. The van der Waals surface area contributed by atoms with Crippen LogP contribution in [0.1, 0.15) is 57.1 Å². The van der Waals surface area contributed by atoms with Crippen molar-refractivity contribution < 1.29 is 33.0 Å². The molecule has 0 unspecified atom stereocenters. The van der Waals surface area contributed by atoms with E-state index in [9.17, 15) is 18.8 Å². The fourth-order valence-electron chi connectivity index (χ4n) is 7.68. The quantitative estimate of drug-likeness (QED) is 0.181. The van der Waals surface area contributed by atoms with Crippen LogP contribution in [-0.4, -0.2) is 52.7 Å². The van der Waals surface area contributed by atoms with Crippen LogP contribution in [0.25, 0.3) is 22.2 Å². The first-order valence-corrected chi connectivity index (χ1v) is 15.8. The average molecular weight is 625 g/mol. The number of carbonyl (C=O) groups is 3. The molecule has 1 amide bonds. The molecule has 2 bridgehead atoms. The normalized spacial score (nSPS) is 26.6. The maximum Gasteiger partial charge on any atom is 0.410 e. The van der Waals surface area contributed by atoms with Gasteiger partial charge in [-0.1, -0.05) is 74.5 Å². The Morgan fingerprint density at radius 3 is 2.39 bits per heavy atom. The Morgan fingerprint density at radius 2 is 1.72 bits per heavy atom. The van der Waals surface area contributed by atoms with Gasteiger partial charge < -0.3 is 24.1 Å². The summed E-state index contributed by atoms with van der Waals surface area (Å²) in [4.78, 5) is 45.6. The van der Waals surface area contributed by atoms with E-state index in [4.69, 9.17) is 14.2 Å². The van der Waals surface area contributed by atoms with Crippen LogP contribution < -0.4 is 0 Å². The zero-order chi connectivity index (χ0) is 32.3. The molecule has 2 aliphatic heterocycles. The largest absolute Gasteiger partial charge is 0.457 e. The van der Waals surface area contributed by atoms with Crippen LogP contribution in [0, 0.1) is 16.6 Å². The first-order valence-electron chi connectivity index (χ1n) is 15.8. The Morgan fingerprint density at radius 1 is 1.00 bits per heavy atom. The highest BCUT2D eigenvalue weighted by Crippen LogP contribution is 2.66. The van der Waals surface area contributed by atoms with Crippen LogP contribution in [-0.2, 0) is 30.4 Å². The Balaban J connectivity index is 1.26. The number of piperidine rings is 1. The van der Waals surface area contributed by atoms with Gasteiger partial charge >= 0.3 is 18.0 Å². The number of likely N-dealkylation sites (tertiary alicyclic amines) is 1. The number of benzene rings is 3. The number of hydrogen-bond donors (Lipinski definition) is 1. The monoisotopic (exact) mass is 624 g/mol. The first kappa shape index (κ1) is 30.0. The smallest absolute Gasteiger partial charge is 0.410 e. The van der Waals surface area contributed by atoms with Crippen LogP contribution in [0.3, 0.4) is 0 Å². The lowest BCUT2D eigenvalue weighted by atomic mass is 9.66. The summed E-state index contributed by atoms with van der Waals surface area (Å²) in [7, 11) is 0. The van der Waals surface area contributed by atoms with Crippen molar-refractivity contribution in [3.05, 3.63) is 95.8 Å². The molecule has 1 aliphatic carbocycles. The lowest BCUT2D eigenvalue weighted by Crippen LogP contribution is -2.53. The van der Waals surface area contributed by atoms with Crippen molar-refractivity contribution in [1.29, 1.82) is 0 Å². The molecule has 46 heavy (non-hydrogen) atoms. The Hall–Kier alpha value is -4.66. The molecule has 0 radical (unpaired) electrons. The van der Waals surface area contributed by atoms with E-state index in [1.165, 1.54) is 12.1 Å². The third-order valence-corrected chi connectivity index (χ3v) is 10.9. The second-order valence-electron chi connectivity index (χ2n) is 13.5. The van der Waals surface area contributed by atoms with E-state index in [2.05, 4.69) is 4.98 Å². The molecule has 3 aromatic carbocycles. The van der Waals surface area contributed by atoms with Crippen molar-refractivity contribution in [2.24, 2.45) is 10.8 Å². The molecule has 7 rings (SSSR count). The summed E-state index contributed by atoms with van der Waals surface area (Å²) >= 11 is 0. The summed E-state index contributed by atoms with van der Waals surface area (Å²) in [6, 6.07) is 23.8. The van der Waals surface area contributed by atoms with Gasteiger partial charge in [-0.2, -0.15) is 0 Å². The third-order valence-electron chi connectivity index (χ3n) is 10.9. The van der Waals surface area contributed by atoms with Crippen molar-refractivity contribution in [2.75, 3.05) is 13.1 Å². The minimum atomic E-state index is -1.44. The summed E-state index contributed by atoms with van der Waals surface area (Å²) < 4.78 is 32.7. The first-order chi connectivity index (χ1) is 22.0. The van der Waals surface area contributed by atoms with Gasteiger partial charge in [-0.05, 0) is 61.1 Å².